The lowest BCUT2D eigenvalue weighted by molar-refractivity contribution is 0.102. The molecule has 3 aromatic carbocycles. The van der Waals surface area contributed by atoms with E-state index in [1.54, 1.807) is 30.3 Å². The Labute approximate surface area is 155 Å². The van der Waals surface area contributed by atoms with Crippen molar-refractivity contribution in [1.29, 1.82) is 0 Å². The standard InChI is InChI=1S/C21H15ClN2O2/c1-13-6-8-14(9-7-13)20(25)23-15-10-11-17(22)16(12-15)21-24-18-4-2-3-5-19(18)26-21/h2-12H,1H3,(H,23,25). The smallest absolute Gasteiger partial charge is 0.255 e. The molecule has 4 nitrogen and oxygen atoms in total. The zero-order valence-corrected chi connectivity index (χ0v) is 14.7. The molecule has 1 aromatic heterocycles. The number of carbonyl (C=O) groups is 1. The molecule has 128 valence electrons. The summed E-state index contributed by atoms with van der Waals surface area (Å²) in [7, 11) is 0. The number of nitrogens with zero attached hydrogens (tertiary/aromatic N) is 1. The van der Waals surface area contributed by atoms with Gasteiger partial charge >= 0.3 is 0 Å². The Morgan fingerprint density at radius 1 is 1.04 bits per heavy atom. The maximum atomic E-state index is 12.4. The Bertz CT molecular complexity index is 1070. The molecule has 0 unspecified atom stereocenters. The third-order valence-corrected chi connectivity index (χ3v) is 4.39. The van der Waals surface area contributed by atoms with Crippen LogP contribution in [-0.4, -0.2) is 10.9 Å². The van der Waals surface area contributed by atoms with Crippen molar-refractivity contribution in [3.05, 3.63) is 82.9 Å². The number of para-hydroxylation sites is 2. The van der Waals surface area contributed by atoms with Gasteiger partial charge in [-0.25, -0.2) is 4.98 Å². The fourth-order valence-electron chi connectivity index (χ4n) is 2.66. The molecule has 4 aromatic rings. The van der Waals surface area contributed by atoms with Crippen molar-refractivity contribution in [2.75, 3.05) is 5.32 Å². The molecule has 0 atom stereocenters. The van der Waals surface area contributed by atoms with E-state index in [2.05, 4.69) is 10.3 Å². The maximum Gasteiger partial charge on any atom is 0.255 e. The number of rotatable bonds is 3. The first kappa shape index (κ1) is 16.4. The van der Waals surface area contributed by atoms with Crippen LogP contribution in [-0.2, 0) is 0 Å². The van der Waals surface area contributed by atoms with Crippen LogP contribution in [0.4, 0.5) is 5.69 Å². The summed E-state index contributed by atoms with van der Waals surface area (Å²) in [4.78, 5) is 16.9. The highest BCUT2D eigenvalue weighted by atomic mass is 35.5. The Morgan fingerprint density at radius 3 is 2.58 bits per heavy atom. The first-order chi connectivity index (χ1) is 12.6. The Balaban J connectivity index is 1.65. The summed E-state index contributed by atoms with van der Waals surface area (Å²) in [6, 6.07) is 20.1. The number of amides is 1. The number of anilines is 1. The van der Waals surface area contributed by atoms with Crippen LogP contribution in [0.25, 0.3) is 22.6 Å². The molecule has 1 N–H and O–H groups in total. The largest absolute Gasteiger partial charge is 0.436 e. The van der Waals surface area contributed by atoms with Gasteiger partial charge in [0.2, 0.25) is 5.89 Å². The lowest BCUT2D eigenvalue weighted by atomic mass is 10.1. The predicted octanol–water partition coefficient (Wildman–Crippen LogP) is 5.71. The lowest BCUT2D eigenvalue weighted by Gasteiger charge is -2.08. The van der Waals surface area contributed by atoms with Crippen LogP contribution in [0, 0.1) is 6.92 Å². The van der Waals surface area contributed by atoms with Crippen LogP contribution in [0.15, 0.2) is 71.1 Å². The summed E-state index contributed by atoms with van der Waals surface area (Å²) in [5, 5.41) is 3.39. The monoisotopic (exact) mass is 362 g/mol. The topological polar surface area (TPSA) is 55.1 Å². The van der Waals surface area contributed by atoms with E-state index < -0.39 is 0 Å². The van der Waals surface area contributed by atoms with E-state index in [-0.39, 0.29) is 5.91 Å². The predicted molar refractivity (Wildman–Crippen MR) is 104 cm³/mol. The molecule has 5 heteroatoms. The van der Waals surface area contributed by atoms with Gasteiger partial charge in [0.25, 0.3) is 5.91 Å². The van der Waals surface area contributed by atoms with E-state index in [4.69, 9.17) is 16.0 Å². The number of oxazole rings is 1. The zero-order chi connectivity index (χ0) is 18.1. The summed E-state index contributed by atoms with van der Waals surface area (Å²) >= 11 is 6.32. The second kappa shape index (κ2) is 6.65. The second-order valence-electron chi connectivity index (χ2n) is 6.00. The van der Waals surface area contributed by atoms with Gasteiger partial charge in [-0.3, -0.25) is 4.79 Å². The van der Waals surface area contributed by atoms with Gasteiger partial charge in [0, 0.05) is 11.3 Å². The van der Waals surface area contributed by atoms with Gasteiger partial charge < -0.3 is 9.73 Å². The highest BCUT2D eigenvalue weighted by Gasteiger charge is 2.13. The van der Waals surface area contributed by atoms with Crippen molar-refractivity contribution in [3.63, 3.8) is 0 Å². The summed E-state index contributed by atoms with van der Waals surface area (Å²) in [6.07, 6.45) is 0. The van der Waals surface area contributed by atoms with E-state index in [0.29, 0.717) is 33.3 Å². The maximum absolute atomic E-state index is 12.4. The third-order valence-electron chi connectivity index (χ3n) is 4.06. The van der Waals surface area contributed by atoms with Crippen LogP contribution in [0.3, 0.4) is 0 Å². The van der Waals surface area contributed by atoms with Crippen LogP contribution in [0.5, 0.6) is 0 Å². The molecule has 0 saturated carbocycles. The summed E-state index contributed by atoms with van der Waals surface area (Å²) in [6.45, 7) is 1.98. The number of nitrogens with one attached hydrogen (secondary N) is 1. The molecule has 0 fully saturated rings. The summed E-state index contributed by atoms with van der Waals surface area (Å²) < 4.78 is 5.78. The molecule has 0 aliphatic rings. The highest BCUT2D eigenvalue weighted by Crippen LogP contribution is 2.32. The Hall–Kier alpha value is -3.11. The first-order valence-electron chi connectivity index (χ1n) is 8.14. The van der Waals surface area contributed by atoms with Crippen LogP contribution in [0.2, 0.25) is 5.02 Å². The average Bonchev–Trinajstić information content (AvgIpc) is 3.07. The molecule has 0 bridgehead atoms. The van der Waals surface area contributed by atoms with E-state index >= 15 is 0 Å². The Kier molecular flexibility index (Phi) is 4.19. The van der Waals surface area contributed by atoms with Crippen molar-refractivity contribution in [2.45, 2.75) is 6.92 Å². The van der Waals surface area contributed by atoms with Crippen LogP contribution >= 0.6 is 11.6 Å². The molecule has 0 aliphatic heterocycles. The van der Waals surface area contributed by atoms with Gasteiger partial charge in [-0.2, -0.15) is 0 Å². The van der Waals surface area contributed by atoms with Crippen molar-refractivity contribution >= 4 is 34.3 Å². The number of hydrogen-bond donors (Lipinski definition) is 1. The third kappa shape index (κ3) is 3.19. The van der Waals surface area contributed by atoms with Gasteiger partial charge in [0.05, 0.1) is 10.6 Å². The molecule has 1 heterocycles. The molecular weight excluding hydrogens is 348 g/mol. The second-order valence-corrected chi connectivity index (χ2v) is 6.41. The SMILES string of the molecule is Cc1ccc(C(=O)Nc2ccc(Cl)c(-c3nc4ccccc4o3)c2)cc1. The minimum atomic E-state index is -0.184. The van der Waals surface area contributed by atoms with Crippen LogP contribution in [0.1, 0.15) is 15.9 Å². The van der Waals surface area contributed by atoms with Gasteiger partial charge in [-0.15, -0.1) is 0 Å². The van der Waals surface area contributed by atoms with Gasteiger partial charge in [0.1, 0.15) is 5.52 Å². The van der Waals surface area contributed by atoms with E-state index in [1.165, 1.54) is 0 Å². The summed E-state index contributed by atoms with van der Waals surface area (Å²) in [5.41, 5.74) is 4.39. The number of hydrogen-bond acceptors (Lipinski definition) is 3. The molecular formula is C21H15ClN2O2. The van der Waals surface area contributed by atoms with Gasteiger partial charge in [-0.05, 0) is 49.4 Å². The fraction of sp³-hybridized carbons (Fsp3) is 0.0476. The average molecular weight is 363 g/mol. The number of benzene rings is 3. The van der Waals surface area contributed by atoms with E-state index in [9.17, 15) is 4.79 Å². The fourth-order valence-corrected chi connectivity index (χ4v) is 2.86. The number of aromatic nitrogens is 1. The number of carbonyl (C=O) groups excluding carboxylic acids is 1. The van der Waals surface area contributed by atoms with Gasteiger partial charge in [-0.1, -0.05) is 41.4 Å². The van der Waals surface area contributed by atoms with Crippen molar-refractivity contribution in [3.8, 4) is 11.5 Å². The summed E-state index contributed by atoms with van der Waals surface area (Å²) in [5.74, 6) is 0.235. The molecule has 26 heavy (non-hydrogen) atoms. The quantitative estimate of drug-likeness (QED) is 0.508. The van der Waals surface area contributed by atoms with Crippen LogP contribution < -0.4 is 5.32 Å². The minimum Gasteiger partial charge on any atom is -0.436 e. The molecule has 0 spiro atoms. The van der Waals surface area contributed by atoms with E-state index in [0.717, 1.165) is 11.1 Å². The zero-order valence-electron chi connectivity index (χ0n) is 14.0. The number of fused-ring (bicyclic) bond motifs is 1. The Morgan fingerprint density at radius 2 is 1.81 bits per heavy atom. The molecule has 0 saturated heterocycles. The normalized spacial score (nSPS) is 10.8. The van der Waals surface area contributed by atoms with Crippen molar-refractivity contribution in [2.24, 2.45) is 0 Å². The molecule has 4 rings (SSSR count). The van der Waals surface area contributed by atoms with Crippen molar-refractivity contribution in [1.82, 2.24) is 4.98 Å². The van der Waals surface area contributed by atoms with E-state index in [1.807, 2.05) is 43.3 Å². The number of aryl methyl sites for hydroxylation is 1. The minimum absolute atomic E-state index is 0.184. The first-order valence-corrected chi connectivity index (χ1v) is 8.51. The molecule has 0 radical (unpaired) electrons. The molecule has 0 aliphatic carbocycles. The molecule has 1 amide bonds. The number of halogens is 1. The lowest BCUT2D eigenvalue weighted by Crippen LogP contribution is -2.11. The van der Waals surface area contributed by atoms with Crippen molar-refractivity contribution < 1.29 is 9.21 Å². The van der Waals surface area contributed by atoms with Gasteiger partial charge in [0.15, 0.2) is 5.58 Å². The highest BCUT2D eigenvalue weighted by molar-refractivity contribution is 6.33.